The molecule has 1 aromatic carbocycles. The number of halogens is 1. The molecular weight excluding hydrogens is 537 g/mol. The van der Waals surface area contributed by atoms with Gasteiger partial charge in [-0.1, -0.05) is 41.0 Å². The quantitative estimate of drug-likeness (QED) is 0.266. The molecule has 4 aromatic rings. The fourth-order valence-electron chi connectivity index (χ4n) is 5.25. The molecule has 0 atom stereocenters. The Labute approximate surface area is 246 Å². The Bertz CT molecular complexity index is 1520. The van der Waals surface area contributed by atoms with E-state index in [1.54, 1.807) is 0 Å². The molecule has 10 heteroatoms. The summed E-state index contributed by atoms with van der Waals surface area (Å²) < 4.78 is 21.0. The Balaban J connectivity index is 0.000000610. The number of benzene rings is 1. The highest BCUT2D eigenvalue weighted by molar-refractivity contribution is 7.23. The number of hydrogen-bond donors (Lipinski definition) is 2. The van der Waals surface area contributed by atoms with E-state index < -0.39 is 5.82 Å². The van der Waals surface area contributed by atoms with E-state index in [1.807, 2.05) is 48.0 Å². The maximum absolute atomic E-state index is 14.7. The van der Waals surface area contributed by atoms with Crippen molar-refractivity contribution < 1.29 is 9.13 Å². The summed E-state index contributed by atoms with van der Waals surface area (Å²) in [4.78, 5) is 16.5. The molecule has 3 N–H and O–H groups in total. The summed E-state index contributed by atoms with van der Waals surface area (Å²) in [6.07, 6.45) is 7.08. The summed E-state index contributed by atoms with van der Waals surface area (Å²) in [5.74, 6) is 0.267. The first-order valence-corrected chi connectivity index (χ1v) is 15.4. The molecule has 1 saturated heterocycles. The van der Waals surface area contributed by atoms with Gasteiger partial charge in [-0.3, -0.25) is 4.98 Å². The lowest BCUT2D eigenvalue weighted by molar-refractivity contribution is 0.135. The Morgan fingerprint density at radius 1 is 1.10 bits per heavy atom. The Morgan fingerprint density at radius 3 is 2.39 bits per heavy atom. The van der Waals surface area contributed by atoms with Gasteiger partial charge in [0.2, 0.25) is 5.95 Å². The Hall–Kier alpha value is -3.39. The number of nitriles is 1. The highest BCUT2D eigenvalue weighted by Gasteiger charge is 2.29. The summed E-state index contributed by atoms with van der Waals surface area (Å²) in [6.45, 7) is 12.9. The van der Waals surface area contributed by atoms with Crippen molar-refractivity contribution in [1.29, 1.82) is 5.26 Å². The van der Waals surface area contributed by atoms with E-state index in [1.165, 1.54) is 6.20 Å². The number of rotatable bonds is 4. The van der Waals surface area contributed by atoms with Crippen molar-refractivity contribution in [3.8, 4) is 17.3 Å². The zero-order valence-corrected chi connectivity index (χ0v) is 26.1. The van der Waals surface area contributed by atoms with Crippen LogP contribution in [0.4, 0.5) is 15.3 Å². The molecule has 0 aliphatic carbocycles. The van der Waals surface area contributed by atoms with Gasteiger partial charge in [-0.25, -0.2) is 14.4 Å². The van der Waals surface area contributed by atoms with Crippen LogP contribution >= 0.6 is 11.3 Å². The summed E-state index contributed by atoms with van der Waals surface area (Å²) >= 11 is 1.09. The molecule has 2 aliphatic heterocycles. The molecule has 0 spiro atoms. The molecule has 0 radical (unpaired) electrons. The molecule has 0 unspecified atom stereocenters. The van der Waals surface area contributed by atoms with Crippen LogP contribution in [0, 0.1) is 17.1 Å². The summed E-state index contributed by atoms with van der Waals surface area (Å²) in [5.41, 5.74) is 11.9. The van der Waals surface area contributed by atoms with Crippen molar-refractivity contribution in [3.63, 3.8) is 0 Å². The summed E-state index contributed by atoms with van der Waals surface area (Å²) in [6, 6.07) is 2.17. The van der Waals surface area contributed by atoms with Crippen molar-refractivity contribution in [1.82, 2.24) is 20.3 Å². The number of aromatic nitrogens is 3. The number of ether oxygens (including phenoxy) is 1. The normalized spacial score (nSPS) is 13.5. The van der Waals surface area contributed by atoms with Gasteiger partial charge in [0, 0.05) is 35.6 Å². The zero-order valence-electron chi connectivity index (χ0n) is 25.3. The highest BCUT2D eigenvalue weighted by atomic mass is 32.1. The van der Waals surface area contributed by atoms with Crippen LogP contribution in [0.2, 0.25) is 0 Å². The molecule has 220 valence electrons. The average Bonchev–Trinajstić information content (AvgIpc) is 3.77. The zero-order chi connectivity index (χ0) is 30.1. The number of nitrogens with two attached hydrogens (primary N) is 1. The number of anilines is 2. The van der Waals surface area contributed by atoms with E-state index in [4.69, 9.17) is 20.4 Å². The Morgan fingerprint density at radius 2 is 1.76 bits per heavy atom. The summed E-state index contributed by atoms with van der Waals surface area (Å²) in [5, 5.41) is 14.4. The first kappa shape index (κ1) is 32.1. The molecule has 0 saturated carbocycles. The van der Waals surface area contributed by atoms with Crippen LogP contribution in [0.25, 0.3) is 32.2 Å². The van der Waals surface area contributed by atoms with E-state index in [2.05, 4.69) is 28.2 Å². The fraction of sp³-hybridized carbons (Fsp3) is 0.484. The van der Waals surface area contributed by atoms with Gasteiger partial charge in [0.15, 0.2) is 5.82 Å². The smallest absolute Gasteiger partial charge is 0.225 e. The lowest BCUT2D eigenvalue weighted by Gasteiger charge is -2.20. The van der Waals surface area contributed by atoms with Crippen molar-refractivity contribution in [2.45, 2.75) is 73.5 Å². The fourth-order valence-corrected chi connectivity index (χ4v) is 6.17. The predicted octanol–water partition coefficient (Wildman–Crippen LogP) is 6.97. The first-order valence-electron chi connectivity index (χ1n) is 14.5. The van der Waals surface area contributed by atoms with Crippen molar-refractivity contribution in [3.05, 3.63) is 40.5 Å². The van der Waals surface area contributed by atoms with Gasteiger partial charge in [-0.2, -0.15) is 5.26 Å². The predicted molar refractivity (Wildman–Crippen MR) is 169 cm³/mol. The van der Waals surface area contributed by atoms with Gasteiger partial charge in [0.25, 0.3) is 0 Å². The number of hydrogen-bond acceptors (Lipinski definition) is 9. The largest absolute Gasteiger partial charge is 0.389 e. The van der Waals surface area contributed by atoms with Crippen LogP contribution in [-0.2, 0) is 24.4 Å². The topological polar surface area (TPSA) is 113 Å². The minimum Gasteiger partial charge on any atom is -0.389 e. The maximum Gasteiger partial charge on any atom is 0.225 e. The number of aryl methyl sites for hydroxylation is 1. The lowest BCUT2D eigenvalue weighted by Crippen LogP contribution is -2.20. The van der Waals surface area contributed by atoms with Crippen molar-refractivity contribution in [2.75, 3.05) is 37.8 Å². The van der Waals surface area contributed by atoms with Crippen molar-refractivity contribution >= 4 is 43.3 Å². The minimum absolute atomic E-state index is 0.276. The van der Waals surface area contributed by atoms with Crippen LogP contribution in [-0.4, -0.2) is 42.1 Å². The molecule has 2 aliphatic rings. The third-order valence-electron chi connectivity index (χ3n) is 6.78. The van der Waals surface area contributed by atoms with Gasteiger partial charge in [0.05, 0.1) is 40.9 Å². The number of pyridine rings is 1. The number of nitrogens with one attached hydrogen (secondary N) is 1. The molecule has 1 fully saturated rings. The van der Waals surface area contributed by atoms with E-state index in [0.717, 1.165) is 89.2 Å². The molecule has 0 bridgehead atoms. The van der Waals surface area contributed by atoms with Gasteiger partial charge in [-0.15, -0.1) is 11.3 Å². The molecule has 5 heterocycles. The number of fused-ring (bicyclic) bond motifs is 4. The second-order valence-electron chi connectivity index (χ2n) is 9.29. The standard InChI is InChI=1S/C25H23FN6OS.C2H7N.2C2H6/c1-2-5-13-19(22-20-14(8-27)24(28)34-23(20)18(26)10-29-22)17-12-33-11-16(17)15-9-30-25(31-21(13)15)32-6-3-4-7-32;1-3-2;2*1-2/h9-10H,2-7,11-12,28H2,1H3;3H,1-2H3;2*1-2H3. The lowest BCUT2D eigenvalue weighted by atomic mass is 9.88. The summed E-state index contributed by atoms with van der Waals surface area (Å²) in [7, 11) is 3.75. The van der Waals surface area contributed by atoms with E-state index in [-0.39, 0.29) is 5.56 Å². The second-order valence-corrected chi connectivity index (χ2v) is 10.3. The molecule has 41 heavy (non-hydrogen) atoms. The van der Waals surface area contributed by atoms with Crippen molar-refractivity contribution in [2.24, 2.45) is 0 Å². The SMILES string of the molecule is CC.CC.CCCc1c(-c2ncc(F)c3sc(N)c(C#N)c23)c2c(c3cnc(N4CCCC4)nc13)COC2.CNC. The van der Waals surface area contributed by atoms with Crippen LogP contribution in [0.15, 0.2) is 12.4 Å². The van der Waals surface area contributed by atoms with Crippen LogP contribution in [0.5, 0.6) is 0 Å². The average molecular weight is 580 g/mol. The van der Waals surface area contributed by atoms with Gasteiger partial charge in [-0.05, 0) is 50.0 Å². The van der Waals surface area contributed by atoms with Crippen LogP contribution in [0.3, 0.4) is 0 Å². The second kappa shape index (κ2) is 15.0. The molecule has 6 rings (SSSR count). The van der Waals surface area contributed by atoms with E-state index in [9.17, 15) is 9.65 Å². The van der Waals surface area contributed by atoms with Crippen LogP contribution in [0.1, 0.15) is 76.1 Å². The molecule has 0 amide bonds. The molecule has 3 aromatic heterocycles. The Kier molecular flexibility index (Phi) is 11.8. The first-order chi connectivity index (χ1) is 20.0. The number of thiophene rings is 1. The van der Waals surface area contributed by atoms with Gasteiger partial charge in [0.1, 0.15) is 11.1 Å². The minimum atomic E-state index is -0.471. The highest BCUT2D eigenvalue weighted by Crippen LogP contribution is 2.46. The monoisotopic (exact) mass is 579 g/mol. The molecule has 8 nitrogen and oxygen atoms in total. The third-order valence-corrected chi connectivity index (χ3v) is 7.81. The van der Waals surface area contributed by atoms with Gasteiger partial charge < -0.3 is 20.7 Å². The van der Waals surface area contributed by atoms with E-state index >= 15 is 0 Å². The van der Waals surface area contributed by atoms with Crippen LogP contribution < -0.4 is 16.0 Å². The maximum atomic E-state index is 14.7. The number of nitrogens with zero attached hydrogens (tertiary/aromatic N) is 5. The third kappa shape index (κ3) is 6.13. The van der Waals surface area contributed by atoms with Gasteiger partial charge >= 0.3 is 0 Å². The molecular formula is C31H42FN7OS. The van der Waals surface area contributed by atoms with E-state index in [0.29, 0.717) is 34.0 Å². The number of nitrogen functional groups attached to an aromatic ring is 1.